The number of benzene rings is 1. The normalized spacial score (nSPS) is 13.8. The van der Waals surface area contributed by atoms with E-state index in [1.165, 1.54) is 12.3 Å². The molecule has 0 unspecified atom stereocenters. The Morgan fingerprint density at radius 2 is 1.97 bits per heavy atom. The summed E-state index contributed by atoms with van der Waals surface area (Å²) in [7, 11) is 0. The summed E-state index contributed by atoms with van der Waals surface area (Å²) < 4.78 is 43.6. The highest BCUT2D eigenvalue weighted by Gasteiger charge is 2.31. The van der Waals surface area contributed by atoms with Crippen molar-refractivity contribution in [2.75, 3.05) is 11.9 Å². The highest BCUT2D eigenvalue weighted by molar-refractivity contribution is 5.98. The number of rotatable bonds is 8. The minimum atomic E-state index is -4.39. The molecule has 1 fully saturated rings. The first-order valence-corrected chi connectivity index (χ1v) is 9.35. The van der Waals surface area contributed by atoms with Gasteiger partial charge in [0.2, 0.25) is 5.91 Å². The molecular formula is C21H21F3N2O3. The van der Waals surface area contributed by atoms with Crippen molar-refractivity contribution in [1.29, 1.82) is 0 Å². The fourth-order valence-electron chi connectivity index (χ4n) is 2.79. The number of alkyl halides is 3. The van der Waals surface area contributed by atoms with Gasteiger partial charge in [0.25, 0.3) is 0 Å². The van der Waals surface area contributed by atoms with Gasteiger partial charge in [-0.25, -0.2) is 4.98 Å². The van der Waals surface area contributed by atoms with Crippen molar-refractivity contribution in [3.63, 3.8) is 0 Å². The molecule has 1 N–H and O–H groups in total. The highest BCUT2D eigenvalue weighted by Crippen LogP contribution is 2.32. The van der Waals surface area contributed by atoms with E-state index in [2.05, 4.69) is 10.3 Å². The Kier molecular flexibility index (Phi) is 6.20. The maximum absolute atomic E-state index is 12.7. The van der Waals surface area contributed by atoms with E-state index in [1.807, 2.05) is 0 Å². The molecule has 154 valence electrons. The summed E-state index contributed by atoms with van der Waals surface area (Å²) in [6, 6.07) is 6.42. The number of aromatic nitrogens is 1. The number of nitrogens with zero attached hydrogens (tertiary/aromatic N) is 1. The summed E-state index contributed by atoms with van der Waals surface area (Å²) in [5.41, 5.74) is 0.105. The van der Waals surface area contributed by atoms with Crippen molar-refractivity contribution in [2.24, 2.45) is 5.92 Å². The van der Waals surface area contributed by atoms with Crippen LogP contribution in [-0.4, -0.2) is 23.3 Å². The first-order chi connectivity index (χ1) is 13.7. The second-order valence-corrected chi connectivity index (χ2v) is 7.05. The number of anilines is 1. The molecule has 5 nitrogen and oxygen atoms in total. The molecule has 8 heteroatoms. The summed E-state index contributed by atoms with van der Waals surface area (Å²) in [6.07, 6.45) is -0.550. The van der Waals surface area contributed by atoms with Gasteiger partial charge < -0.3 is 10.1 Å². The fourth-order valence-corrected chi connectivity index (χ4v) is 2.79. The van der Waals surface area contributed by atoms with Gasteiger partial charge in [0, 0.05) is 24.1 Å². The average molecular weight is 406 g/mol. The lowest BCUT2D eigenvalue weighted by Crippen LogP contribution is -2.15. The van der Waals surface area contributed by atoms with Crippen LogP contribution in [0.3, 0.4) is 0 Å². The molecule has 0 aliphatic heterocycles. The van der Waals surface area contributed by atoms with Gasteiger partial charge in [-0.15, -0.1) is 0 Å². The zero-order valence-corrected chi connectivity index (χ0v) is 15.9. The van der Waals surface area contributed by atoms with Crippen molar-refractivity contribution in [3.05, 3.63) is 53.2 Å². The van der Waals surface area contributed by atoms with Gasteiger partial charge in [0.15, 0.2) is 5.78 Å². The SMILES string of the molecule is Cc1cc(C(F)(F)F)ccc1OCCCC(=O)c1ccnc(NC(=O)C2CC2)c1. The molecule has 0 saturated heterocycles. The second-order valence-electron chi connectivity index (χ2n) is 7.05. The Bertz CT molecular complexity index is 908. The standard InChI is InChI=1S/C21H21F3N2O3/c1-13-11-16(21(22,23)24)6-7-18(13)29-10-2-3-17(27)15-8-9-25-19(12-15)26-20(28)14-4-5-14/h6-9,11-12,14H,2-5,10H2,1H3,(H,25,26,28). The Hall–Kier alpha value is -2.90. The van der Waals surface area contributed by atoms with Crippen LogP contribution in [0.25, 0.3) is 0 Å². The van der Waals surface area contributed by atoms with Gasteiger partial charge in [0.1, 0.15) is 11.6 Å². The number of pyridine rings is 1. The van der Waals surface area contributed by atoms with E-state index in [-0.39, 0.29) is 30.6 Å². The third-order valence-corrected chi connectivity index (χ3v) is 4.59. The largest absolute Gasteiger partial charge is 0.493 e. The Labute approximate surface area is 166 Å². The van der Waals surface area contributed by atoms with E-state index in [4.69, 9.17) is 4.74 Å². The van der Waals surface area contributed by atoms with Crippen molar-refractivity contribution >= 4 is 17.5 Å². The van der Waals surface area contributed by atoms with Crippen LogP contribution in [0.4, 0.5) is 19.0 Å². The maximum Gasteiger partial charge on any atom is 0.416 e. The fraction of sp³-hybridized carbons (Fsp3) is 0.381. The number of carbonyl (C=O) groups excluding carboxylic acids is 2. The molecule has 0 atom stereocenters. The third-order valence-electron chi connectivity index (χ3n) is 4.59. The van der Waals surface area contributed by atoms with Crippen LogP contribution in [0.2, 0.25) is 0 Å². The predicted molar refractivity (Wildman–Crippen MR) is 101 cm³/mol. The number of hydrogen-bond donors (Lipinski definition) is 1. The molecule has 1 saturated carbocycles. The van der Waals surface area contributed by atoms with E-state index in [9.17, 15) is 22.8 Å². The van der Waals surface area contributed by atoms with E-state index >= 15 is 0 Å². The van der Waals surface area contributed by atoms with E-state index in [1.54, 1.807) is 19.1 Å². The van der Waals surface area contributed by atoms with Gasteiger partial charge in [-0.3, -0.25) is 9.59 Å². The van der Waals surface area contributed by atoms with E-state index in [0.717, 1.165) is 25.0 Å². The number of halogens is 3. The number of hydrogen-bond acceptors (Lipinski definition) is 4. The number of amides is 1. The van der Waals surface area contributed by atoms with Crippen molar-refractivity contribution in [2.45, 2.75) is 38.8 Å². The Balaban J connectivity index is 1.48. The molecule has 1 aliphatic carbocycles. The molecule has 0 radical (unpaired) electrons. The van der Waals surface area contributed by atoms with Crippen molar-refractivity contribution in [1.82, 2.24) is 4.98 Å². The Morgan fingerprint density at radius 3 is 2.62 bits per heavy atom. The number of aryl methyl sites for hydroxylation is 1. The van der Waals surface area contributed by atoms with Crippen molar-refractivity contribution < 1.29 is 27.5 Å². The summed E-state index contributed by atoms with van der Waals surface area (Å²) in [6.45, 7) is 1.75. The van der Waals surface area contributed by atoms with E-state index < -0.39 is 11.7 Å². The zero-order valence-electron chi connectivity index (χ0n) is 15.9. The summed E-state index contributed by atoms with van der Waals surface area (Å²) in [5, 5.41) is 2.70. The molecule has 3 rings (SSSR count). The summed E-state index contributed by atoms with van der Waals surface area (Å²) >= 11 is 0. The van der Waals surface area contributed by atoms with Crippen LogP contribution in [-0.2, 0) is 11.0 Å². The maximum atomic E-state index is 12.7. The van der Waals surface area contributed by atoms with Gasteiger partial charge >= 0.3 is 6.18 Å². The van der Waals surface area contributed by atoms with Crippen LogP contribution in [0.5, 0.6) is 5.75 Å². The Morgan fingerprint density at radius 1 is 1.21 bits per heavy atom. The van der Waals surface area contributed by atoms with Crippen LogP contribution >= 0.6 is 0 Å². The number of Topliss-reactive ketones (excluding diaryl/α,β-unsaturated/α-hetero) is 1. The first kappa shape index (κ1) is 20.8. The molecule has 1 heterocycles. The first-order valence-electron chi connectivity index (χ1n) is 9.35. The lowest BCUT2D eigenvalue weighted by Gasteiger charge is -2.12. The smallest absolute Gasteiger partial charge is 0.416 e. The number of ketones is 1. The van der Waals surface area contributed by atoms with Crippen LogP contribution in [0, 0.1) is 12.8 Å². The molecule has 0 spiro atoms. The molecule has 1 aromatic carbocycles. The highest BCUT2D eigenvalue weighted by atomic mass is 19.4. The monoisotopic (exact) mass is 406 g/mol. The minimum absolute atomic E-state index is 0.0435. The summed E-state index contributed by atoms with van der Waals surface area (Å²) in [4.78, 5) is 28.2. The van der Waals surface area contributed by atoms with E-state index in [0.29, 0.717) is 29.1 Å². The lowest BCUT2D eigenvalue weighted by atomic mass is 10.1. The lowest BCUT2D eigenvalue weighted by molar-refractivity contribution is -0.137. The molecule has 1 aromatic heterocycles. The van der Waals surface area contributed by atoms with Crippen LogP contribution in [0.1, 0.15) is 47.2 Å². The number of nitrogens with one attached hydrogen (secondary N) is 1. The average Bonchev–Trinajstić information content (AvgIpc) is 3.51. The molecule has 2 aromatic rings. The van der Waals surface area contributed by atoms with Crippen molar-refractivity contribution in [3.8, 4) is 5.75 Å². The topological polar surface area (TPSA) is 68.3 Å². The van der Waals surface area contributed by atoms with Crippen LogP contribution in [0.15, 0.2) is 36.5 Å². The molecule has 1 aliphatic rings. The molecule has 0 bridgehead atoms. The van der Waals surface area contributed by atoms with Gasteiger partial charge in [-0.05, 0) is 62.1 Å². The quantitative estimate of drug-likeness (QED) is 0.505. The molecule has 1 amide bonds. The minimum Gasteiger partial charge on any atom is -0.493 e. The molecule has 29 heavy (non-hydrogen) atoms. The predicted octanol–water partition coefficient (Wildman–Crippen LogP) is 4.80. The molecular weight excluding hydrogens is 385 g/mol. The third kappa shape index (κ3) is 5.79. The summed E-state index contributed by atoms with van der Waals surface area (Å²) in [5.74, 6) is 0.551. The number of carbonyl (C=O) groups is 2. The van der Waals surface area contributed by atoms with Gasteiger partial charge in [-0.1, -0.05) is 0 Å². The number of ether oxygens (including phenoxy) is 1. The van der Waals surface area contributed by atoms with Crippen LogP contribution < -0.4 is 10.1 Å². The second kappa shape index (κ2) is 8.63. The van der Waals surface area contributed by atoms with Gasteiger partial charge in [0.05, 0.1) is 12.2 Å². The van der Waals surface area contributed by atoms with Gasteiger partial charge in [-0.2, -0.15) is 13.2 Å². The zero-order chi connectivity index (χ0) is 21.0.